The summed E-state index contributed by atoms with van der Waals surface area (Å²) in [7, 11) is 1.69. The minimum Gasteiger partial charge on any atom is -0.493 e. The average molecular weight is 417 g/mol. The van der Waals surface area contributed by atoms with E-state index in [1.807, 2.05) is 12.1 Å². The van der Waals surface area contributed by atoms with Crippen molar-refractivity contribution in [2.75, 3.05) is 46.6 Å². The van der Waals surface area contributed by atoms with Crippen LogP contribution in [0, 0.1) is 13.8 Å². The summed E-state index contributed by atoms with van der Waals surface area (Å²) < 4.78 is 19.3. The van der Waals surface area contributed by atoms with Gasteiger partial charge in [-0.3, -0.25) is 9.58 Å². The van der Waals surface area contributed by atoms with Crippen LogP contribution >= 0.6 is 0 Å². The Morgan fingerprint density at radius 3 is 2.67 bits per heavy atom. The highest BCUT2D eigenvalue weighted by Crippen LogP contribution is 2.32. The van der Waals surface area contributed by atoms with E-state index in [9.17, 15) is 0 Å². The first kappa shape index (κ1) is 22.6. The summed E-state index contributed by atoms with van der Waals surface area (Å²) in [6.07, 6.45) is 0. The number of morpholine rings is 1. The van der Waals surface area contributed by atoms with Gasteiger partial charge in [-0.05, 0) is 33.8 Å². The first-order valence-electron chi connectivity index (χ1n) is 10.9. The van der Waals surface area contributed by atoms with Gasteiger partial charge in [0.15, 0.2) is 11.5 Å². The molecular weight excluding hydrogens is 380 g/mol. The highest BCUT2D eigenvalue weighted by molar-refractivity contribution is 5.46. The predicted molar refractivity (Wildman–Crippen MR) is 118 cm³/mol. The highest BCUT2D eigenvalue weighted by atomic mass is 16.5. The molecule has 0 saturated carbocycles. The fourth-order valence-corrected chi connectivity index (χ4v) is 4.14. The van der Waals surface area contributed by atoms with Gasteiger partial charge in [0.1, 0.15) is 6.61 Å². The fourth-order valence-electron chi connectivity index (χ4n) is 4.14. The van der Waals surface area contributed by atoms with E-state index in [1.165, 1.54) is 11.3 Å². The van der Waals surface area contributed by atoms with Crippen molar-refractivity contribution < 1.29 is 14.2 Å². The Labute approximate surface area is 180 Å². The maximum absolute atomic E-state index is 6.20. The van der Waals surface area contributed by atoms with Crippen LogP contribution in [-0.2, 0) is 17.8 Å². The van der Waals surface area contributed by atoms with Crippen LogP contribution in [0.3, 0.4) is 0 Å². The lowest BCUT2D eigenvalue weighted by Gasteiger charge is -2.26. The lowest BCUT2D eigenvalue weighted by Crippen LogP contribution is -2.38. The molecule has 0 aliphatic carbocycles. The number of methoxy groups -OCH3 is 1. The van der Waals surface area contributed by atoms with E-state index in [4.69, 9.17) is 14.2 Å². The number of rotatable bonds is 10. The normalized spacial score (nSPS) is 15.9. The second-order valence-electron chi connectivity index (χ2n) is 7.75. The Balaban J connectivity index is 1.65. The van der Waals surface area contributed by atoms with Gasteiger partial charge >= 0.3 is 0 Å². The largest absolute Gasteiger partial charge is 0.493 e. The van der Waals surface area contributed by atoms with Gasteiger partial charge in [0.05, 0.1) is 26.0 Å². The van der Waals surface area contributed by atoms with Crippen molar-refractivity contribution in [3.8, 4) is 11.5 Å². The molecule has 166 valence electrons. The first-order chi connectivity index (χ1) is 14.5. The average Bonchev–Trinajstić information content (AvgIpc) is 3.06. The van der Waals surface area contributed by atoms with Crippen molar-refractivity contribution in [1.29, 1.82) is 0 Å². The molecule has 1 aliphatic rings. The lowest BCUT2D eigenvalue weighted by molar-refractivity contribution is 0.0320. The van der Waals surface area contributed by atoms with Crippen LogP contribution in [0.15, 0.2) is 18.2 Å². The molecule has 2 aromatic rings. The maximum Gasteiger partial charge on any atom is 0.165 e. The van der Waals surface area contributed by atoms with Gasteiger partial charge in [-0.1, -0.05) is 12.1 Å². The van der Waals surface area contributed by atoms with Crippen LogP contribution in [0.25, 0.3) is 0 Å². The van der Waals surface area contributed by atoms with Crippen molar-refractivity contribution >= 4 is 0 Å². The predicted octanol–water partition coefficient (Wildman–Crippen LogP) is 3.09. The number of aryl methyl sites for hydroxylation is 2. The van der Waals surface area contributed by atoms with Gasteiger partial charge in [0, 0.05) is 55.6 Å². The molecule has 7 heteroatoms. The van der Waals surface area contributed by atoms with Crippen molar-refractivity contribution in [2.45, 2.75) is 46.8 Å². The van der Waals surface area contributed by atoms with Crippen LogP contribution in [0.1, 0.15) is 42.4 Å². The van der Waals surface area contributed by atoms with E-state index < -0.39 is 0 Å². The van der Waals surface area contributed by atoms with Gasteiger partial charge in [-0.2, -0.15) is 5.10 Å². The molecule has 3 rings (SSSR count). The molecule has 30 heavy (non-hydrogen) atoms. The van der Waals surface area contributed by atoms with E-state index in [2.05, 4.69) is 53.8 Å². The van der Waals surface area contributed by atoms with Crippen LogP contribution in [0.2, 0.25) is 0 Å². The number of hydrogen-bond donors (Lipinski definition) is 1. The van der Waals surface area contributed by atoms with Gasteiger partial charge in [-0.15, -0.1) is 0 Å². The van der Waals surface area contributed by atoms with Crippen LogP contribution in [0.4, 0.5) is 0 Å². The zero-order valence-corrected chi connectivity index (χ0v) is 19.0. The highest BCUT2D eigenvalue weighted by Gasteiger charge is 2.18. The minimum absolute atomic E-state index is 0.192. The molecule has 1 saturated heterocycles. The van der Waals surface area contributed by atoms with E-state index >= 15 is 0 Å². The molecule has 1 N–H and O–H groups in total. The van der Waals surface area contributed by atoms with Crippen molar-refractivity contribution in [3.05, 3.63) is 40.7 Å². The smallest absolute Gasteiger partial charge is 0.165 e. The molecule has 1 aliphatic heterocycles. The molecule has 1 aromatic heterocycles. The third-order valence-electron chi connectivity index (χ3n) is 5.81. The molecule has 2 heterocycles. The minimum atomic E-state index is 0.192. The van der Waals surface area contributed by atoms with Crippen LogP contribution < -0.4 is 14.8 Å². The number of nitrogens with zero attached hydrogens (tertiary/aromatic N) is 3. The van der Waals surface area contributed by atoms with Crippen molar-refractivity contribution in [2.24, 2.45) is 0 Å². The Morgan fingerprint density at radius 2 is 2.00 bits per heavy atom. The van der Waals surface area contributed by atoms with E-state index in [0.29, 0.717) is 13.2 Å². The number of hydrogen-bond acceptors (Lipinski definition) is 6. The summed E-state index contributed by atoms with van der Waals surface area (Å²) in [4.78, 5) is 2.37. The molecule has 1 fully saturated rings. The van der Waals surface area contributed by atoms with Crippen LogP contribution in [0.5, 0.6) is 11.5 Å². The van der Waals surface area contributed by atoms with E-state index in [0.717, 1.165) is 62.1 Å². The summed E-state index contributed by atoms with van der Waals surface area (Å²) in [5.41, 5.74) is 4.68. The molecule has 0 bridgehead atoms. The third kappa shape index (κ3) is 5.33. The topological polar surface area (TPSA) is 60.8 Å². The SMILES string of the molecule is CCn1nc(C)c([C@@H](C)NCc2cccc(OC)c2OCCN2CCOCC2)c1C. The van der Waals surface area contributed by atoms with Gasteiger partial charge in [0.2, 0.25) is 0 Å². The molecule has 0 amide bonds. The van der Waals surface area contributed by atoms with Gasteiger partial charge in [-0.25, -0.2) is 0 Å². The standard InChI is InChI=1S/C23H36N4O3/c1-6-27-19(4)22(18(3)25-27)17(2)24-16-20-8-7-9-21(28-5)23(20)30-15-12-26-10-13-29-14-11-26/h7-9,17,24H,6,10-16H2,1-5H3/t17-/m1/s1. The molecule has 7 nitrogen and oxygen atoms in total. The Bertz CT molecular complexity index is 815. The second-order valence-corrected chi connectivity index (χ2v) is 7.75. The number of nitrogens with one attached hydrogen (secondary N) is 1. The summed E-state index contributed by atoms with van der Waals surface area (Å²) in [6.45, 7) is 15.2. The Morgan fingerprint density at radius 1 is 1.23 bits per heavy atom. The quantitative estimate of drug-likeness (QED) is 0.642. The van der Waals surface area contributed by atoms with Gasteiger partial charge in [0.25, 0.3) is 0 Å². The number of para-hydroxylation sites is 1. The molecule has 0 unspecified atom stereocenters. The zero-order chi connectivity index (χ0) is 21.5. The van der Waals surface area contributed by atoms with Crippen molar-refractivity contribution in [1.82, 2.24) is 20.0 Å². The van der Waals surface area contributed by atoms with Gasteiger partial charge < -0.3 is 19.5 Å². The Kier molecular flexibility index (Phi) is 8.13. The summed E-state index contributed by atoms with van der Waals surface area (Å²) in [5, 5.41) is 8.30. The second kappa shape index (κ2) is 10.8. The molecule has 0 radical (unpaired) electrons. The number of aromatic nitrogens is 2. The van der Waals surface area contributed by atoms with E-state index in [-0.39, 0.29) is 6.04 Å². The summed E-state index contributed by atoms with van der Waals surface area (Å²) in [6, 6.07) is 6.26. The molecule has 1 atom stereocenters. The number of benzene rings is 1. The number of ether oxygens (including phenoxy) is 3. The molecule has 0 spiro atoms. The zero-order valence-electron chi connectivity index (χ0n) is 19.0. The fraction of sp³-hybridized carbons (Fsp3) is 0.609. The van der Waals surface area contributed by atoms with E-state index in [1.54, 1.807) is 7.11 Å². The lowest BCUT2D eigenvalue weighted by atomic mass is 10.1. The summed E-state index contributed by atoms with van der Waals surface area (Å²) in [5.74, 6) is 1.60. The monoisotopic (exact) mass is 416 g/mol. The van der Waals surface area contributed by atoms with Crippen molar-refractivity contribution in [3.63, 3.8) is 0 Å². The summed E-state index contributed by atoms with van der Waals surface area (Å²) >= 11 is 0. The molecular formula is C23H36N4O3. The first-order valence-corrected chi connectivity index (χ1v) is 10.9. The Hall–Kier alpha value is -2.09. The third-order valence-corrected chi connectivity index (χ3v) is 5.81. The maximum atomic E-state index is 6.20. The molecule has 1 aromatic carbocycles. The van der Waals surface area contributed by atoms with Crippen LogP contribution in [-0.4, -0.2) is 61.2 Å².